The second-order valence-electron chi connectivity index (χ2n) is 4.65. The molecule has 4 nitrogen and oxygen atoms in total. The molecule has 0 aliphatic rings. The van der Waals surface area contributed by atoms with Crippen molar-refractivity contribution in [1.82, 2.24) is 0 Å². The number of ketones is 1. The van der Waals surface area contributed by atoms with Crippen LogP contribution in [0.15, 0.2) is 54.6 Å². The monoisotopic (exact) mass is 307 g/mol. The predicted octanol–water partition coefficient (Wildman–Crippen LogP) is 3.88. The fourth-order valence-corrected chi connectivity index (χ4v) is 2.00. The highest BCUT2D eigenvalue weighted by atomic mass is 16.5. The molecule has 0 unspecified atom stereocenters. The fraction of sp³-hybridized carbons (Fsp3) is 0.158. The van der Waals surface area contributed by atoms with Gasteiger partial charge >= 0.3 is 0 Å². The van der Waals surface area contributed by atoms with Crippen LogP contribution >= 0.6 is 0 Å². The molecule has 0 bridgehead atoms. The molecule has 0 fully saturated rings. The van der Waals surface area contributed by atoms with E-state index < -0.39 is 0 Å². The van der Waals surface area contributed by atoms with Gasteiger partial charge in [-0.15, -0.1) is 0 Å². The third-order valence-electron chi connectivity index (χ3n) is 3.05. The second kappa shape index (κ2) is 8.40. The molecule has 0 saturated carbocycles. The molecule has 4 heteroatoms. The summed E-state index contributed by atoms with van der Waals surface area (Å²) in [4.78, 5) is 12.1. The molecule has 0 saturated heterocycles. The number of rotatable bonds is 7. The van der Waals surface area contributed by atoms with E-state index >= 15 is 0 Å². The normalized spacial score (nSPS) is 10.3. The number of carbonyl (C=O) groups excluding carboxylic acids is 1. The smallest absolute Gasteiger partial charge is 0.185 e. The van der Waals surface area contributed by atoms with Gasteiger partial charge in [-0.05, 0) is 30.7 Å². The van der Waals surface area contributed by atoms with Crippen LogP contribution in [0.3, 0.4) is 0 Å². The van der Waals surface area contributed by atoms with Crippen molar-refractivity contribution in [3.05, 3.63) is 65.7 Å². The quantitative estimate of drug-likeness (QED) is 0.575. The van der Waals surface area contributed by atoms with E-state index in [4.69, 9.17) is 14.7 Å². The number of nitrogens with zero attached hydrogens (tertiary/aromatic N) is 1. The number of carbonyl (C=O) groups is 1. The average Bonchev–Trinajstić information content (AvgIpc) is 2.60. The van der Waals surface area contributed by atoms with Gasteiger partial charge in [-0.3, -0.25) is 4.79 Å². The van der Waals surface area contributed by atoms with Crippen LogP contribution in [0.25, 0.3) is 6.08 Å². The zero-order chi connectivity index (χ0) is 16.5. The summed E-state index contributed by atoms with van der Waals surface area (Å²) in [6.45, 7) is 2.32. The molecule has 2 rings (SSSR count). The summed E-state index contributed by atoms with van der Waals surface area (Å²) in [6.07, 6.45) is 3.25. The lowest BCUT2D eigenvalue weighted by atomic mass is 10.1. The van der Waals surface area contributed by atoms with E-state index in [1.807, 2.05) is 37.3 Å². The zero-order valence-corrected chi connectivity index (χ0v) is 12.9. The Morgan fingerprint density at radius 3 is 2.61 bits per heavy atom. The number of allylic oxidation sites excluding steroid dienone is 1. The summed E-state index contributed by atoms with van der Waals surface area (Å²) in [6, 6.07) is 16.3. The Balaban J connectivity index is 2.16. The Bertz CT molecular complexity index is 730. The molecule has 116 valence electrons. The maximum absolute atomic E-state index is 12.1. The van der Waals surface area contributed by atoms with Crippen LogP contribution in [0.5, 0.6) is 11.5 Å². The highest BCUT2D eigenvalue weighted by Crippen LogP contribution is 2.29. The minimum Gasteiger partial charge on any atom is -0.490 e. The Morgan fingerprint density at radius 2 is 1.91 bits per heavy atom. The lowest BCUT2D eigenvalue weighted by Crippen LogP contribution is -1.99. The van der Waals surface area contributed by atoms with Crippen molar-refractivity contribution < 1.29 is 14.3 Å². The topological polar surface area (TPSA) is 59.3 Å². The van der Waals surface area contributed by atoms with Crippen LogP contribution in [-0.2, 0) is 0 Å². The van der Waals surface area contributed by atoms with Gasteiger partial charge in [-0.2, -0.15) is 5.26 Å². The Hall–Kier alpha value is -3.06. The maximum Gasteiger partial charge on any atom is 0.185 e. The summed E-state index contributed by atoms with van der Waals surface area (Å²) in [7, 11) is 0. The van der Waals surface area contributed by atoms with Gasteiger partial charge in [0.15, 0.2) is 23.9 Å². The summed E-state index contributed by atoms with van der Waals surface area (Å²) >= 11 is 0. The van der Waals surface area contributed by atoms with Crippen LogP contribution in [0.4, 0.5) is 0 Å². The highest BCUT2D eigenvalue weighted by Gasteiger charge is 2.06. The van der Waals surface area contributed by atoms with Gasteiger partial charge in [-0.25, -0.2) is 0 Å². The van der Waals surface area contributed by atoms with E-state index in [0.29, 0.717) is 23.7 Å². The van der Waals surface area contributed by atoms with Gasteiger partial charge in [0, 0.05) is 5.56 Å². The molecule has 0 atom stereocenters. The van der Waals surface area contributed by atoms with E-state index in [2.05, 4.69) is 0 Å². The first-order valence-electron chi connectivity index (χ1n) is 7.28. The molecular formula is C19H17NO3. The minimum atomic E-state index is -0.0617. The summed E-state index contributed by atoms with van der Waals surface area (Å²) in [5, 5.41) is 8.59. The molecular weight excluding hydrogens is 290 g/mol. The van der Waals surface area contributed by atoms with Crippen LogP contribution in [-0.4, -0.2) is 19.0 Å². The van der Waals surface area contributed by atoms with Gasteiger partial charge in [-0.1, -0.05) is 42.5 Å². The van der Waals surface area contributed by atoms with Crippen molar-refractivity contribution in [3.63, 3.8) is 0 Å². The average molecular weight is 307 g/mol. The van der Waals surface area contributed by atoms with E-state index in [1.54, 1.807) is 30.3 Å². The third kappa shape index (κ3) is 4.72. The molecule has 0 aliphatic heterocycles. The van der Waals surface area contributed by atoms with Gasteiger partial charge in [0.2, 0.25) is 0 Å². The largest absolute Gasteiger partial charge is 0.490 e. The van der Waals surface area contributed by atoms with Gasteiger partial charge in [0.05, 0.1) is 6.61 Å². The molecule has 0 amide bonds. The van der Waals surface area contributed by atoms with E-state index in [1.165, 1.54) is 6.08 Å². The molecule has 2 aromatic carbocycles. The van der Waals surface area contributed by atoms with Crippen LogP contribution in [0, 0.1) is 11.3 Å². The van der Waals surface area contributed by atoms with Crippen molar-refractivity contribution in [2.45, 2.75) is 6.92 Å². The van der Waals surface area contributed by atoms with E-state index in [-0.39, 0.29) is 12.4 Å². The molecule has 0 aliphatic carbocycles. The van der Waals surface area contributed by atoms with Crippen molar-refractivity contribution in [2.24, 2.45) is 0 Å². The molecule has 0 aromatic heterocycles. The SMILES string of the molecule is CCOc1cc(/C=C\C(=O)c2ccccc2)ccc1OCC#N. The minimum absolute atomic E-state index is 0.0399. The van der Waals surface area contributed by atoms with E-state index in [9.17, 15) is 4.79 Å². The van der Waals surface area contributed by atoms with Crippen molar-refractivity contribution in [2.75, 3.05) is 13.2 Å². The second-order valence-corrected chi connectivity index (χ2v) is 4.65. The van der Waals surface area contributed by atoms with Gasteiger partial charge in [0.1, 0.15) is 6.07 Å². The molecule has 2 aromatic rings. The predicted molar refractivity (Wildman–Crippen MR) is 88.5 cm³/mol. The fourth-order valence-electron chi connectivity index (χ4n) is 2.00. The first kappa shape index (κ1) is 16.3. The Labute approximate surface area is 135 Å². The lowest BCUT2D eigenvalue weighted by Gasteiger charge is -2.10. The molecule has 23 heavy (non-hydrogen) atoms. The number of ether oxygens (including phenoxy) is 2. The first-order valence-corrected chi connectivity index (χ1v) is 7.28. The Kier molecular flexibility index (Phi) is 5.96. The van der Waals surface area contributed by atoms with Gasteiger partial charge < -0.3 is 9.47 Å². The number of benzene rings is 2. The number of hydrogen-bond donors (Lipinski definition) is 0. The zero-order valence-electron chi connectivity index (χ0n) is 12.9. The lowest BCUT2D eigenvalue weighted by molar-refractivity contribution is 0.104. The summed E-state index contributed by atoms with van der Waals surface area (Å²) in [5.74, 6) is 1.00. The van der Waals surface area contributed by atoms with E-state index in [0.717, 1.165) is 5.56 Å². The van der Waals surface area contributed by atoms with Gasteiger partial charge in [0.25, 0.3) is 0 Å². The van der Waals surface area contributed by atoms with Crippen LogP contribution in [0.2, 0.25) is 0 Å². The number of hydrogen-bond acceptors (Lipinski definition) is 4. The molecule has 0 N–H and O–H groups in total. The summed E-state index contributed by atoms with van der Waals surface area (Å²) in [5.41, 5.74) is 1.46. The molecule has 0 spiro atoms. The molecule has 0 radical (unpaired) electrons. The van der Waals surface area contributed by atoms with Crippen molar-refractivity contribution in [1.29, 1.82) is 5.26 Å². The summed E-state index contributed by atoms with van der Waals surface area (Å²) < 4.78 is 10.8. The van der Waals surface area contributed by atoms with Crippen molar-refractivity contribution >= 4 is 11.9 Å². The van der Waals surface area contributed by atoms with Crippen LogP contribution < -0.4 is 9.47 Å². The van der Waals surface area contributed by atoms with Crippen molar-refractivity contribution in [3.8, 4) is 17.6 Å². The van der Waals surface area contributed by atoms with Crippen LogP contribution in [0.1, 0.15) is 22.8 Å². The third-order valence-corrected chi connectivity index (χ3v) is 3.05. The highest BCUT2D eigenvalue weighted by molar-refractivity contribution is 6.06. The molecule has 0 heterocycles. The Morgan fingerprint density at radius 1 is 1.13 bits per heavy atom. The first-order chi connectivity index (χ1) is 11.2. The maximum atomic E-state index is 12.1. The standard InChI is InChI=1S/C19H17NO3/c1-2-22-19-14-15(9-11-18(19)23-13-12-20)8-10-17(21)16-6-4-3-5-7-16/h3-11,14H,2,13H2,1H3/b10-8-. The number of nitriles is 1.